The molecule has 4 N–H and O–H groups in total. The summed E-state index contributed by atoms with van der Waals surface area (Å²) in [5, 5.41) is 2.75. The van der Waals surface area contributed by atoms with Crippen molar-refractivity contribution in [2.24, 2.45) is 0 Å². The summed E-state index contributed by atoms with van der Waals surface area (Å²) < 4.78 is 0. The molecule has 0 fully saturated rings. The van der Waals surface area contributed by atoms with Gasteiger partial charge in [0.15, 0.2) is 6.04 Å². The number of quaternary nitrogens is 1. The van der Waals surface area contributed by atoms with Gasteiger partial charge in [-0.2, -0.15) is 0 Å². The van der Waals surface area contributed by atoms with Crippen LogP contribution in [0, 0.1) is 0 Å². The third kappa shape index (κ3) is 0.816. The smallest absolute Gasteiger partial charge is 0.287 e. The van der Waals surface area contributed by atoms with Gasteiger partial charge in [-0.3, -0.25) is 4.79 Å². The number of nitrogens with one attached hydrogen (secondary N) is 1. The molecule has 3 nitrogen and oxygen atoms in total. The van der Waals surface area contributed by atoms with Crippen molar-refractivity contribution in [2.45, 2.75) is 6.04 Å². The molecular weight excluding hydrogens is 140 g/mol. The molecule has 0 unspecified atom stereocenters. The van der Waals surface area contributed by atoms with Crippen LogP contribution in [0.2, 0.25) is 0 Å². The summed E-state index contributed by atoms with van der Waals surface area (Å²) in [5.74, 6) is -0.00815. The van der Waals surface area contributed by atoms with Crippen molar-refractivity contribution in [3.05, 3.63) is 29.8 Å². The van der Waals surface area contributed by atoms with Gasteiger partial charge in [-0.25, -0.2) is 0 Å². The highest BCUT2D eigenvalue weighted by molar-refractivity contribution is 6.01. The number of para-hydroxylation sites is 1. The van der Waals surface area contributed by atoms with Gasteiger partial charge in [-0.15, -0.1) is 0 Å². The lowest BCUT2D eigenvalue weighted by atomic mass is 10.1. The van der Waals surface area contributed by atoms with E-state index in [4.69, 9.17) is 0 Å². The van der Waals surface area contributed by atoms with Gasteiger partial charge in [0.1, 0.15) is 0 Å². The molecule has 0 aromatic heterocycles. The molecule has 0 saturated heterocycles. The SMILES string of the molecule is [NH3+][C@H]1C(=O)Nc2ccccc21. The highest BCUT2D eigenvalue weighted by Crippen LogP contribution is 2.26. The van der Waals surface area contributed by atoms with E-state index in [1.54, 1.807) is 0 Å². The van der Waals surface area contributed by atoms with Crippen LogP contribution < -0.4 is 11.1 Å². The van der Waals surface area contributed by atoms with Gasteiger partial charge in [0, 0.05) is 5.56 Å². The van der Waals surface area contributed by atoms with E-state index in [0.717, 1.165) is 11.3 Å². The standard InChI is InChI=1S/C8H8N2O/c9-7-5-3-1-2-4-6(5)10-8(7)11/h1-4,7H,9H2,(H,10,11)/p+1/t7-/m1/s1. The molecule has 56 valence electrons. The fourth-order valence-electron chi connectivity index (χ4n) is 1.28. The van der Waals surface area contributed by atoms with Gasteiger partial charge in [-0.05, 0) is 6.07 Å². The molecule has 0 spiro atoms. The summed E-state index contributed by atoms with van der Waals surface area (Å²) in [6.45, 7) is 0. The monoisotopic (exact) mass is 149 g/mol. The summed E-state index contributed by atoms with van der Waals surface area (Å²) in [5.41, 5.74) is 5.65. The Kier molecular flexibility index (Phi) is 1.20. The molecule has 1 aliphatic rings. The van der Waals surface area contributed by atoms with Crippen LogP contribution in [0.15, 0.2) is 24.3 Å². The maximum atomic E-state index is 11.1. The first-order valence-electron chi connectivity index (χ1n) is 3.52. The molecule has 1 heterocycles. The van der Waals surface area contributed by atoms with Crippen LogP contribution in [-0.4, -0.2) is 5.91 Å². The number of rotatable bonds is 0. The van der Waals surface area contributed by atoms with Crippen LogP contribution in [0.25, 0.3) is 0 Å². The Balaban J connectivity index is 2.55. The number of hydrogen-bond donors (Lipinski definition) is 2. The lowest BCUT2D eigenvalue weighted by Gasteiger charge is -1.94. The minimum absolute atomic E-state index is 0.00815. The average Bonchev–Trinajstić information content (AvgIpc) is 2.30. The lowest BCUT2D eigenvalue weighted by Crippen LogP contribution is -2.56. The number of amides is 1. The Morgan fingerprint density at radius 1 is 1.36 bits per heavy atom. The molecular formula is C8H9N2O+. The van der Waals surface area contributed by atoms with Crippen LogP contribution in [0.1, 0.15) is 11.6 Å². The molecule has 1 aromatic rings. The van der Waals surface area contributed by atoms with Crippen LogP contribution in [0.3, 0.4) is 0 Å². The second kappa shape index (κ2) is 2.07. The zero-order chi connectivity index (χ0) is 7.84. The van der Waals surface area contributed by atoms with Crippen LogP contribution >= 0.6 is 0 Å². The number of fused-ring (bicyclic) bond motifs is 1. The van der Waals surface area contributed by atoms with E-state index < -0.39 is 0 Å². The lowest BCUT2D eigenvalue weighted by molar-refractivity contribution is -0.407. The van der Waals surface area contributed by atoms with Gasteiger partial charge in [0.25, 0.3) is 5.91 Å². The van der Waals surface area contributed by atoms with Gasteiger partial charge >= 0.3 is 0 Å². The van der Waals surface area contributed by atoms with E-state index in [9.17, 15) is 4.79 Å². The summed E-state index contributed by atoms with van der Waals surface area (Å²) in [4.78, 5) is 11.1. The molecule has 0 radical (unpaired) electrons. The summed E-state index contributed by atoms with van der Waals surface area (Å²) in [6, 6.07) is 7.39. The van der Waals surface area contributed by atoms with E-state index in [0.29, 0.717) is 0 Å². The van der Waals surface area contributed by atoms with Crippen molar-refractivity contribution >= 4 is 11.6 Å². The van der Waals surface area contributed by atoms with Crippen molar-refractivity contribution < 1.29 is 10.5 Å². The molecule has 0 saturated carbocycles. The van der Waals surface area contributed by atoms with Gasteiger partial charge in [0.05, 0.1) is 5.69 Å². The Morgan fingerprint density at radius 2 is 2.09 bits per heavy atom. The summed E-state index contributed by atoms with van der Waals surface area (Å²) in [6.07, 6.45) is 0. The van der Waals surface area contributed by atoms with E-state index in [2.05, 4.69) is 11.1 Å². The van der Waals surface area contributed by atoms with Crippen molar-refractivity contribution in [2.75, 3.05) is 5.32 Å². The number of carbonyl (C=O) groups excluding carboxylic acids is 1. The summed E-state index contributed by atoms with van der Waals surface area (Å²) >= 11 is 0. The quantitative estimate of drug-likeness (QED) is 0.532. The maximum Gasteiger partial charge on any atom is 0.287 e. The largest absolute Gasteiger partial charge is 0.343 e. The Bertz CT molecular complexity index is 309. The van der Waals surface area contributed by atoms with E-state index in [1.165, 1.54) is 0 Å². The van der Waals surface area contributed by atoms with E-state index in [1.807, 2.05) is 24.3 Å². The molecule has 11 heavy (non-hydrogen) atoms. The Labute approximate surface area is 64.2 Å². The topological polar surface area (TPSA) is 56.7 Å². The number of anilines is 1. The maximum absolute atomic E-state index is 11.1. The van der Waals surface area contributed by atoms with Gasteiger partial charge in [-0.1, -0.05) is 18.2 Å². The molecule has 1 atom stereocenters. The summed E-state index contributed by atoms with van der Waals surface area (Å²) in [7, 11) is 0. The number of carbonyl (C=O) groups is 1. The minimum atomic E-state index is -0.230. The van der Waals surface area contributed by atoms with Crippen LogP contribution in [0.5, 0.6) is 0 Å². The molecule has 0 aliphatic carbocycles. The van der Waals surface area contributed by atoms with Gasteiger partial charge in [0.2, 0.25) is 0 Å². The Hall–Kier alpha value is -1.35. The average molecular weight is 149 g/mol. The predicted octanol–water partition coefficient (Wildman–Crippen LogP) is -0.0783. The predicted molar refractivity (Wildman–Crippen MR) is 40.7 cm³/mol. The number of benzene rings is 1. The number of hydrogen-bond acceptors (Lipinski definition) is 1. The Morgan fingerprint density at radius 3 is 2.82 bits per heavy atom. The second-order valence-electron chi connectivity index (χ2n) is 2.63. The normalized spacial score (nSPS) is 21.2. The fourth-order valence-corrected chi connectivity index (χ4v) is 1.28. The van der Waals surface area contributed by atoms with Crippen molar-refractivity contribution in [3.8, 4) is 0 Å². The van der Waals surface area contributed by atoms with Crippen LogP contribution in [-0.2, 0) is 4.79 Å². The third-order valence-electron chi connectivity index (χ3n) is 1.91. The van der Waals surface area contributed by atoms with Gasteiger partial charge < -0.3 is 11.1 Å². The van der Waals surface area contributed by atoms with E-state index in [-0.39, 0.29) is 11.9 Å². The molecule has 1 aliphatic heterocycles. The zero-order valence-electron chi connectivity index (χ0n) is 6.00. The minimum Gasteiger partial charge on any atom is -0.343 e. The van der Waals surface area contributed by atoms with Crippen molar-refractivity contribution in [1.82, 2.24) is 0 Å². The van der Waals surface area contributed by atoms with Crippen molar-refractivity contribution in [1.29, 1.82) is 0 Å². The third-order valence-corrected chi connectivity index (χ3v) is 1.91. The highest BCUT2D eigenvalue weighted by atomic mass is 16.2. The van der Waals surface area contributed by atoms with Crippen molar-refractivity contribution in [3.63, 3.8) is 0 Å². The first kappa shape index (κ1) is 6.37. The molecule has 2 rings (SSSR count). The molecule has 1 amide bonds. The fraction of sp³-hybridized carbons (Fsp3) is 0.125. The second-order valence-corrected chi connectivity index (χ2v) is 2.63. The van der Waals surface area contributed by atoms with E-state index >= 15 is 0 Å². The molecule has 1 aromatic carbocycles. The molecule has 3 heteroatoms. The first-order valence-corrected chi connectivity index (χ1v) is 3.52. The zero-order valence-corrected chi connectivity index (χ0v) is 6.00. The first-order chi connectivity index (χ1) is 5.29. The highest BCUT2D eigenvalue weighted by Gasteiger charge is 2.29. The van der Waals surface area contributed by atoms with Crippen LogP contribution in [0.4, 0.5) is 5.69 Å². The molecule has 0 bridgehead atoms.